The third-order valence-corrected chi connectivity index (χ3v) is 6.22. The van der Waals surface area contributed by atoms with Crippen LogP contribution in [-0.4, -0.2) is 37.8 Å². The first-order valence-electron chi connectivity index (χ1n) is 7.37. The molecule has 1 heterocycles. The minimum absolute atomic E-state index is 0.0224. The van der Waals surface area contributed by atoms with Crippen molar-refractivity contribution in [2.75, 3.05) is 13.1 Å². The molecule has 0 aliphatic carbocycles. The molecule has 1 amide bonds. The number of sulfonamides is 1. The van der Waals surface area contributed by atoms with Gasteiger partial charge in [0.15, 0.2) is 0 Å². The Hall–Kier alpha value is -0.920. The molecule has 1 aromatic rings. The highest BCUT2D eigenvalue weighted by Crippen LogP contribution is 2.22. The van der Waals surface area contributed by atoms with E-state index < -0.39 is 10.0 Å². The van der Waals surface area contributed by atoms with E-state index in [1.807, 2.05) is 13.8 Å². The van der Waals surface area contributed by atoms with Gasteiger partial charge >= 0.3 is 0 Å². The fraction of sp³-hybridized carbons (Fsp3) is 0.533. The number of rotatable bonds is 4. The average molecular weight is 389 g/mol. The summed E-state index contributed by atoms with van der Waals surface area (Å²) < 4.78 is 27.5. The van der Waals surface area contributed by atoms with Gasteiger partial charge in [0.1, 0.15) is 0 Å². The minimum Gasteiger partial charge on any atom is -0.353 e. The molecule has 0 spiro atoms. The van der Waals surface area contributed by atoms with Gasteiger partial charge in [-0.2, -0.15) is 4.31 Å². The van der Waals surface area contributed by atoms with E-state index >= 15 is 0 Å². The van der Waals surface area contributed by atoms with Crippen LogP contribution in [0.3, 0.4) is 0 Å². The average Bonchev–Trinajstić information content (AvgIpc) is 2.48. The van der Waals surface area contributed by atoms with Gasteiger partial charge in [0.2, 0.25) is 15.9 Å². The monoisotopic (exact) mass is 388 g/mol. The smallest absolute Gasteiger partial charge is 0.243 e. The highest BCUT2D eigenvalue weighted by Gasteiger charge is 2.30. The largest absolute Gasteiger partial charge is 0.353 e. The van der Waals surface area contributed by atoms with Crippen molar-refractivity contribution in [1.82, 2.24) is 9.62 Å². The van der Waals surface area contributed by atoms with E-state index in [9.17, 15) is 13.2 Å². The van der Waals surface area contributed by atoms with Gasteiger partial charge in [-0.15, -0.1) is 0 Å². The van der Waals surface area contributed by atoms with Gasteiger partial charge in [0.25, 0.3) is 0 Å². The summed E-state index contributed by atoms with van der Waals surface area (Å²) >= 11 is 3.30. The summed E-state index contributed by atoms with van der Waals surface area (Å²) in [5.74, 6) is -0.0289. The molecular formula is C15H21BrN2O3S. The minimum atomic E-state index is -3.45. The number of hydrogen-bond acceptors (Lipinski definition) is 3. The standard InChI is InChI=1S/C15H21BrN2O3S/c1-11(2)15(19)17-13-7-9-18(10-8-13)22(20,21)14-5-3-12(16)4-6-14/h3-6,11,13H,7-10H2,1-2H3,(H,17,19). The predicted octanol–water partition coefficient (Wildman–Crippen LogP) is 2.37. The maximum atomic E-state index is 12.6. The number of hydrogen-bond donors (Lipinski definition) is 1. The highest BCUT2D eigenvalue weighted by molar-refractivity contribution is 9.10. The van der Waals surface area contributed by atoms with Crippen molar-refractivity contribution >= 4 is 31.9 Å². The van der Waals surface area contributed by atoms with E-state index in [2.05, 4.69) is 21.2 Å². The van der Waals surface area contributed by atoms with Gasteiger partial charge in [0.05, 0.1) is 4.90 Å². The molecule has 0 atom stereocenters. The second kappa shape index (κ2) is 7.10. The molecule has 2 rings (SSSR count). The van der Waals surface area contributed by atoms with Crippen LogP contribution in [-0.2, 0) is 14.8 Å². The molecule has 1 N–H and O–H groups in total. The number of carbonyl (C=O) groups excluding carboxylic acids is 1. The van der Waals surface area contributed by atoms with Gasteiger partial charge in [0, 0.05) is 29.5 Å². The van der Waals surface area contributed by atoms with Gasteiger partial charge in [-0.3, -0.25) is 4.79 Å². The number of nitrogens with zero attached hydrogens (tertiary/aromatic N) is 1. The van der Waals surface area contributed by atoms with Gasteiger partial charge in [-0.25, -0.2) is 8.42 Å². The zero-order chi connectivity index (χ0) is 16.3. The summed E-state index contributed by atoms with van der Waals surface area (Å²) in [6.45, 7) is 4.56. The Kier molecular flexibility index (Phi) is 5.63. The summed E-state index contributed by atoms with van der Waals surface area (Å²) in [5, 5.41) is 2.97. The topological polar surface area (TPSA) is 66.5 Å². The number of nitrogens with one attached hydrogen (secondary N) is 1. The lowest BCUT2D eigenvalue weighted by molar-refractivity contribution is -0.124. The number of benzene rings is 1. The van der Waals surface area contributed by atoms with Crippen molar-refractivity contribution in [3.05, 3.63) is 28.7 Å². The molecule has 5 nitrogen and oxygen atoms in total. The van der Waals surface area contributed by atoms with Crippen molar-refractivity contribution in [3.8, 4) is 0 Å². The summed E-state index contributed by atoms with van der Waals surface area (Å²) in [4.78, 5) is 12.0. The lowest BCUT2D eigenvalue weighted by Crippen LogP contribution is -2.47. The Morgan fingerprint density at radius 2 is 1.77 bits per heavy atom. The van der Waals surface area contributed by atoms with Crippen molar-refractivity contribution in [2.45, 2.75) is 37.6 Å². The normalized spacial score (nSPS) is 17.6. The van der Waals surface area contributed by atoms with Crippen molar-refractivity contribution in [3.63, 3.8) is 0 Å². The lowest BCUT2D eigenvalue weighted by atomic mass is 10.1. The molecule has 0 saturated carbocycles. The number of piperidine rings is 1. The SMILES string of the molecule is CC(C)C(=O)NC1CCN(S(=O)(=O)c2ccc(Br)cc2)CC1. The van der Waals surface area contributed by atoms with Crippen LogP contribution in [0, 0.1) is 5.92 Å². The zero-order valence-corrected chi connectivity index (χ0v) is 15.2. The Bertz CT molecular complexity index is 621. The molecule has 122 valence electrons. The third-order valence-electron chi connectivity index (χ3n) is 3.78. The molecule has 0 unspecified atom stereocenters. The van der Waals surface area contributed by atoms with Gasteiger partial charge < -0.3 is 5.32 Å². The fourth-order valence-electron chi connectivity index (χ4n) is 2.36. The summed E-state index contributed by atoms with van der Waals surface area (Å²) in [5.41, 5.74) is 0. The number of halogens is 1. The van der Waals surface area contributed by atoms with Gasteiger partial charge in [-0.1, -0.05) is 29.8 Å². The molecule has 0 aromatic heterocycles. The van der Waals surface area contributed by atoms with Crippen LogP contribution in [0.4, 0.5) is 0 Å². The first kappa shape index (κ1) is 17.4. The van der Waals surface area contributed by atoms with Gasteiger partial charge in [-0.05, 0) is 37.1 Å². The number of amides is 1. The molecule has 0 radical (unpaired) electrons. The van der Waals surface area contributed by atoms with Crippen molar-refractivity contribution < 1.29 is 13.2 Å². The molecule has 1 aliphatic rings. The Morgan fingerprint density at radius 3 is 2.27 bits per heavy atom. The molecule has 0 bridgehead atoms. The molecule has 1 aliphatic heterocycles. The molecule has 7 heteroatoms. The van der Waals surface area contributed by atoms with E-state index in [4.69, 9.17) is 0 Å². The van der Waals surface area contributed by atoms with E-state index in [1.54, 1.807) is 24.3 Å². The van der Waals surface area contributed by atoms with Crippen LogP contribution < -0.4 is 5.32 Å². The van der Waals surface area contributed by atoms with Crippen LogP contribution in [0.2, 0.25) is 0 Å². The van der Waals surface area contributed by atoms with Crippen LogP contribution in [0.25, 0.3) is 0 Å². The molecule has 22 heavy (non-hydrogen) atoms. The van der Waals surface area contributed by atoms with Crippen LogP contribution >= 0.6 is 15.9 Å². The van der Waals surface area contributed by atoms with E-state index in [-0.39, 0.29) is 17.9 Å². The van der Waals surface area contributed by atoms with E-state index in [0.717, 1.165) is 4.47 Å². The molecular weight excluding hydrogens is 368 g/mol. The maximum Gasteiger partial charge on any atom is 0.243 e. The van der Waals surface area contributed by atoms with E-state index in [1.165, 1.54) is 4.31 Å². The van der Waals surface area contributed by atoms with Crippen LogP contribution in [0.1, 0.15) is 26.7 Å². The Morgan fingerprint density at radius 1 is 1.23 bits per heavy atom. The fourth-order valence-corrected chi connectivity index (χ4v) is 4.10. The lowest BCUT2D eigenvalue weighted by Gasteiger charge is -2.32. The number of carbonyl (C=O) groups is 1. The quantitative estimate of drug-likeness (QED) is 0.860. The Balaban J connectivity index is 1.99. The summed E-state index contributed by atoms with van der Waals surface area (Å²) in [7, 11) is -3.45. The van der Waals surface area contributed by atoms with Crippen LogP contribution in [0.5, 0.6) is 0 Å². The summed E-state index contributed by atoms with van der Waals surface area (Å²) in [6, 6.07) is 6.72. The first-order valence-corrected chi connectivity index (χ1v) is 9.60. The molecule has 1 fully saturated rings. The second-order valence-electron chi connectivity index (χ2n) is 5.80. The predicted molar refractivity (Wildman–Crippen MR) is 88.9 cm³/mol. The zero-order valence-electron chi connectivity index (χ0n) is 12.8. The molecule has 1 saturated heterocycles. The van der Waals surface area contributed by atoms with Crippen molar-refractivity contribution in [1.29, 1.82) is 0 Å². The summed E-state index contributed by atoms with van der Waals surface area (Å²) in [6.07, 6.45) is 1.29. The first-order chi connectivity index (χ1) is 10.3. The van der Waals surface area contributed by atoms with Crippen molar-refractivity contribution in [2.24, 2.45) is 5.92 Å². The molecule has 1 aromatic carbocycles. The maximum absolute atomic E-state index is 12.6. The third kappa shape index (κ3) is 4.08. The highest BCUT2D eigenvalue weighted by atomic mass is 79.9. The van der Waals surface area contributed by atoms with E-state index in [0.29, 0.717) is 30.8 Å². The van der Waals surface area contributed by atoms with Crippen LogP contribution in [0.15, 0.2) is 33.6 Å². The Labute approximate surface area is 140 Å². The second-order valence-corrected chi connectivity index (χ2v) is 8.65.